The minimum atomic E-state index is -0.874. The molecule has 3 aromatic rings. The lowest BCUT2D eigenvalue weighted by molar-refractivity contribution is -0.384. The van der Waals surface area contributed by atoms with Crippen LogP contribution >= 0.6 is 11.3 Å². The van der Waals surface area contributed by atoms with Crippen molar-refractivity contribution in [3.05, 3.63) is 74.0 Å². The first kappa shape index (κ1) is 20.3. The number of ketones is 1. The third-order valence-electron chi connectivity index (χ3n) is 4.92. The second-order valence-corrected chi connectivity index (χ2v) is 7.71. The summed E-state index contributed by atoms with van der Waals surface area (Å²) in [6.45, 7) is -0.0823. The summed E-state index contributed by atoms with van der Waals surface area (Å²) in [6, 6.07) is 4.16. The fourth-order valence-electron chi connectivity index (χ4n) is 3.42. The Kier molecular flexibility index (Phi) is 5.52. The van der Waals surface area contributed by atoms with Crippen LogP contribution in [0, 0.1) is 10.1 Å². The number of amides is 1. The molecule has 1 fully saturated rings. The molecule has 1 aromatic carbocycles. The zero-order chi connectivity index (χ0) is 22.0. The molecule has 1 aliphatic rings. The molecule has 0 N–H and O–H groups in total. The summed E-state index contributed by atoms with van der Waals surface area (Å²) >= 11 is 1.35. The van der Waals surface area contributed by atoms with Gasteiger partial charge in [0, 0.05) is 35.2 Å². The van der Waals surface area contributed by atoms with Crippen LogP contribution in [0.4, 0.5) is 10.5 Å². The first-order valence-corrected chi connectivity index (χ1v) is 10.0. The van der Waals surface area contributed by atoms with E-state index in [2.05, 4.69) is 15.0 Å². The Morgan fingerprint density at radius 1 is 1.39 bits per heavy atom. The summed E-state index contributed by atoms with van der Waals surface area (Å²) in [5.74, 6) is -0.354. The van der Waals surface area contributed by atoms with E-state index in [1.165, 1.54) is 46.8 Å². The molecule has 1 saturated heterocycles. The molecule has 12 nitrogen and oxygen atoms in total. The van der Waals surface area contributed by atoms with Crippen LogP contribution in [0.1, 0.15) is 22.5 Å². The molecule has 0 bridgehead atoms. The number of nitro benzene ring substituents is 1. The van der Waals surface area contributed by atoms with E-state index >= 15 is 0 Å². The fraction of sp³-hybridized carbons (Fsp3) is 0.278. The van der Waals surface area contributed by atoms with Crippen molar-refractivity contribution in [3.8, 4) is 0 Å². The van der Waals surface area contributed by atoms with Gasteiger partial charge in [-0.2, -0.15) is 0 Å². The van der Waals surface area contributed by atoms with Crippen molar-refractivity contribution in [2.24, 2.45) is 5.11 Å². The molecule has 0 spiro atoms. The van der Waals surface area contributed by atoms with E-state index in [-0.39, 0.29) is 36.7 Å². The Balaban J connectivity index is 1.50. The van der Waals surface area contributed by atoms with Gasteiger partial charge in [0.05, 0.1) is 11.0 Å². The van der Waals surface area contributed by atoms with Gasteiger partial charge in [0.15, 0.2) is 0 Å². The standard InChI is InChI=1S/C18H15N7O5S/c19-22-21-12-7-14(16(26)15-17-23(10-20-15)5-6-31-17)24(8-12)18(27)30-9-11-1-3-13(4-2-11)25(28)29/h1-6,10,12,14H,7-9H2/t12-,14-/m0/s1. The molecule has 158 valence electrons. The minimum Gasteiger partial charge on any atom is -0.445 e. The van der Waals surface area contributed by atoms with E-state index in [9.17, 15) is 19.7 Å². The van der Waals surface area contributed by atoms with E-state index in [4.69, 9.17) is 10.3 Å². The molecule has 31 heavy (non-hydrogen) atoms. The molecule has 0 radical (unpaired) electrons. The van der Waals surface area contributed by atoms with Gasteiger partial charge in [-0.25, -0.2) is 9.78 Å². The number of nitrogens with zero attached hydrogens (tertiary/aromatic N) is 7. The fourth-order valence-corrected chi connectivity index (χ4v) is 4.24. The minimum absolute atomic E-state index is 0.0427. The number of aromatic nitrogens is 2. The maximum absolute atomic E-state index is 13.1. The summed E-state index contributed by atoms with van der Waals surface area (Å²) in [5.41, 5.74) is 9.49. The molecule has 0 saturated carbocycles. The van der Waals surface area contributed by atoms with Crippen molar-refractivity contribution in [3.63, 3.8) is 0 Å². The van der Waals surface area contributed by atoms with Crippen molar-refractivity contribution in [1.82, 2.24) is 14.3 Å². The first-order chi connectivity index (χ1) is 15.0. The number of likely N-dealkylation sites (tertiary alicyclic amines) is 1. The zero-order valence-corrected chi connectivity index (χ0v) is 16.7. The summed E-state index contributed by atoms with van der Waals surface area (Å²) in [5, 5.41) is 16.2. The molecule has 4 rings (SSSR count). The number of benzene rings is 1. The van der Waals surface area contributed by atoms with Crippen molar-refractivity contribution in [2.45, 2.75) is 25.1 Å². The molecule has 3 heterocycles. The van der Waals surface area contributed by atoms with Crippen LogP contribution in [0.2, 0.25) is 0 Å². The monoisotopic (exact) mass is 441 g/mol. The van der Waals surface area contributed by atoms with Gasteiger partial charge in [0.25, 0.3) is 5.69 Å². The molecule has 2 aromatic heterocycles. The molecule has 0 unspecified atom stereocenters. The zero-order valence-electron chi connectivity index (χ0n) is 15.9. The van der Waals surface area contributed by atoms with E-state index in [0.717, 1.165) is 0 Å². The molecule has 2 atom stereocenters. The van der Waals surface area contributed by atoms with Crippen LogP contribution in [0.5, 0.6) is 0 Å². The molecule has 1 aliphatic heterocycles. The lowest BCUT2D eigenvalue weighted by Crippen LogP contribution is -2.41. The van der Waals surface area contributed by atoms with Gasteiger partial charge in [-0.3, -0.25) is 24.2 Å². The Bertz CT molecular complexity index is 1200. The number of nitro groups is 1. The highest BCUT2D eigenvalue weighted by Gasteiger charge is 2.41. The molecule has 0 aliphatic carbocycles. The van der Waals surface area contributed by atoms with Crippen LogP contribution in [0.15, 0.2) is 47.3 Å². The third kappa shape index (κ3) is 4.04. The number of non-ortho nitro benzene ring substituents is 1. The van der Waals surface area contributed by atoms with Crippen LogP contribution < -0.4 is 0 Å². The summed E-state index contributed by atoms with van der Waals surface area (Å²) in [6.07, 6.45) is 2.72. The maximum Gasteiger partial charge on any atom is 0.410 e. The smallest absolute Gasteiger partial charge is 0.410 e. The van der Waals surface area contributed by atoms with E-state index in [1.54, 1.807) is 10.6 Å². The lowest BCUT2D eigenvalue weighted by Gasteiger charge is -2.22. The number of rotatable bonds is 6. The second-order valence-electron chi connectivity index (χ2n) is 6.81. The summed E-state index contributed by atoms with van der Waals surface area (Å²) < 4.78 is 7.03. The van der Waals surface area contributed by atoms with Gasteiger partial charge in [-0.1, -0.05) is 5.11 Å². The van der Waals surface area contributed by atoms with Crippen molar-refractivity contribution in [2.75, 3.05) is 6.54 Å². The highest BCUT2D eigenvalue weighted by molar-refractivity contribution is 7.15. The van der Waals surface area contributed by atoms with Gasteiger partial charge in [-0.15, -0.1) is 11.3 Å². The predicted octanol–water partition coefficient (Wildman–Crippen LogP) is 3.58. The number of fused-ring (bicyclic) bond motifs is 1. The largest absolute Gasteiger partial charge is 0.445 e. The van der Waals surface area contributed by atoms with Crippen LogP contribution in [-0.4, -0.2) is 49.7 Å². The Labute approximate surface area is 178 Å². The SMILES string of the molecule is [N-]=[N+]=N[C@H]1C[C@@H](C(=O)c2ncn3ccsc23)N(C(=O)OCc2ccc([N+](=O)[O-])cc2)C1. The Morgan fingerprint density at radius 3 is 2.87 bits per heavy atom. The quantitative estimate of drug-likeness (QED) is 0.142. The number of imidazole rings is 1. The lowest BCUT2D eigenvalue weighted by atomic mass is 10.1. The Hall–Kier alpha value is -3.96. The van der Waals surface area contributed by atoms with Crippen LogP contribution in [0.25, 0.3) is 15.3 Å². The van der Waals surface area contributed by atoms with Gasteiger partial charge < -0.3 is 4.74 Å². The van der Waals surface area contributed by atoms with Gasteiger partial charge >= 0.3 is 6.09 Å². The highest BCUT2D eigenvalue weighted by Crippen LogP contribution is 2.27. The van der Waals surface area contributed by atoms with E-state index < -0.39 is 23.1 Å². The Morgan fingerprint density at radius 2 is 2.16 bits per heavy atom. The normalized spacial score (nSPS) is 18.0. The number of azide groups is 1. The topological polar surface area (TPSA) is 156 Å². The first-order valence-electron chi connectivity index (χ1n) is 9.13. The number of hydrogen-bond acceptors (Lipinski definition) is 8. The predicted molar refractivity (Wildman–Crippen MR) is 109 cm³/mol. The van der Waals surface area contributed by atoms with E-state index in [0.29, 0.717) is 10.4 Å². The average Bonchev–Trinajstić information content (AvgIpc) is 3.48. The molecular weight excluding hydrogens is 426 g/mol. The third-order valence-corrected chi connectivity index (χ3v) is 5.81. The number of carbonyl (C=O) groups excluding carboxylic acids is 2. The summed E-state index contributed by atoms with van der Waals surface area (Å²) in [4.78, 5) is 44.9. The number of ether oxygens (including phenoxy) is 1. The van der Waals surface area contributed by atoms with Crippen molar-refractivity contribution < 1.29 is 19.2 Å². The molecular formula is C18H15N7O5S. The average molecular weight is 441 g/mol. The van der Waals surface area contributed by atoms with Gasteiger partial charge in [0.1, 0.15) is 29.5 Å². The number of carbonyl (C=O) groups is 2. The van der Waals surface area contributed by atoms with Crippen LogP contribution in [0.3, 0.4) is 0 Å². The highest BCUT2D eigenvalue weighted by atomic mass is 32.1. The van der Waals surface area contributed by atoms with Crippen molar-refractivity contribution in [1.29, 1.82) is 0 Å². The van der Waals surface area contributed by atoms with Crippen LogP contribution in [-0.2, 0) is 11.3 Å². The second kappa shape index (κ2) is 8.42. The molecule has 1 amide bonds. The number of thiazole rings is 1. The molecule has 13 heteroatoms. The number of hydrogen-bond donors (Lipinski definition) is 0. The van der Waals surface area contributed by atoms with Gasteiger partial charge in [0.2, 0.25) is 5.78 Å². The summed E-state index contributed by atoms with van der Waals surface area (Å²) in [7, 11) is 0. The van der Waals surface area contributed by atoms with Crippen molar-refractivity contribution >= 4 is 33.7 Å². The maximum atomic E-state index is 13.1. The van der Waals surface area contributed by atoms with Gasteiger partial charge in [-0.05, 0) is 29.6 Å². The number of Topliss-reactive ketones (excluding diaryl/α,β-unsaturated/α-hetero) is 1. The van der Waals surface area contributed by atoms with E-state index in [1.807, 2.05) is 5.38 Å².